The highest BCUT2D eigenvalue weighted by Crippen LogP contribution is 2.15. The van der Waals surface area contributed by atoms with Crippen molar-refractivity contribution in [2.45, 2.75) is 32.2 Å². The van der Waals surface area contributed by atoms with Gasteiger partial charge in [0.15, 0.2) is 0 Å². The van der Waals surface area contributed by atoms with Gasteiger partial charge < -0.3 is 19.8 Å². The molecule has 1 heterocycles. The Morgan fingerprint density at radius 1 is 1.15 bits per heavy atom. The molecular weight excluding hydrogens is 262 g/mol. The summed E-state index contributed by atoms with van der Waals surface area (Å²) < 4.78 is 0. The number of hydrogen-bond acceptors (Lipinski definition) is 3. The number of nitrogens with zero attached hydrogens (tertiary/aromatic N) is 3. The Hall–Kier alpha value is -1.79. The van der Waals surface area contributed by atoms with Gasteiger partial charge in [-0.3, -0.25) is 4.79 Å². The Balaban J connectivity index is 2.62. The van der Waals surface area contributed by atoms with Gasteiger partial charge in [-0.2, -0.15) is 0 Å². The number of carbonyl (C=O) groups excluding carboxylic acids is 2. The van der Waals surface area contributed by atoms with Crippen molar-refractivity contribution in [2.24, 2.45) is 0 Å². The van der Waals surface area contributed by atoms with Crippen molar-refractivity contribution in [1.82, 2.24) is 14.7 Å². The average Bonchev–Trinajstić information content (AvgIpc) is 2.90. The summed E-state index contributed by atoms with van der Waals surface area (Å²) in [5, 5.41) is 9.11. The smallest absolute Gasteiger partial charge is 0.329 e. The molecule has 0 aromatic carbocycles. The summed E-state index contributed by atoms with van der Waals surface area (Å²) in [6, 6.07) is -0.482. The second kappa shape index (κ2) is 6.11. The predicted octanol–water partition coefficient (Wildman–Crippen LogP) is 0.456. The Morgan fingerprint density at radius 3 is 2.10 bits per heavy atom. The highest BCUT2D eigenvalue weighted by Gasteiger charge is 2.37. The van der Waals surface area contributed by atoms with Crippen LogP contribution in [0, 0.1) is 0 Å². The first-order chi connectivity index (χ1) is 9.17. The van der Waals surface area contributed by atoms with Crippen LogP contribution in [0.25, 0.3) is 0 Å². The molecule has 0 aromatic heterocycles. The van der Waals surface area contributed by atoms with Crippen LogP contribution >= 0.6 is 0 Å². The van der Waals surface area contributed by atoms with Gasteiger partial charge in [-0.25, -0.2) is 9.59 Å². The van der Waals surface area contributed by atoms with Gasteiger partial charge >= 0.3 is 12.0 Å². The van der Waals surface area contributed by atoms with Gasteiger partial charge in [0.2, 0.25) is 5.91 Å². The average molecular weight is 285 g/mol. The van der Waals surface area contributed by atoms with Crippen LogP contribution in [-0.4, -0.2) is 77.0 Å². The van der Waals surface area contributed by atoms with Gasteiger partial charge in [0.05, 0.1) is 0 Å². The third kappa shape index (κ3) is 3.40. The number of carboxylic acid groups (broad SMARTS) is 1. The highest BCUT2D eigenvalue weighted by atomic mass is 16.4. The number of carbonyl (C=O) groups is 3. The molecule has 0 spiro atoms. The van der Waals surface area contributed by atoms with Crippen LogP contribution in [-0.2, 0) is 9.59 Å². The molecule has 1 saturated heterocycles. The van der Waals surface area contributed by atoms with Gasteiger partial charge in [-0.05, 0) is 26.7 Å². The van der Waals surface area contributed by atoms with E-state index in [0.29, 0.717) is 0 Å². The van der Waals surface area contributed by atoms with E-state index in [2.05, 4.69) is 0 Å². The summed E-state index contributed by atoms with van der Waals surface area (Å²) in [6.45, 7) is 4.33. The Labute approximate surface area is 119 Å². The first-order valence-electron chi connectivity index (χ1n) is 6.68. The molecule has 3 amide bonds. The van der Waals surface area contributed by atoms with Crippen LogP contribution < -0.4 is 0 Å². The molecule has 1 aliphatic rings. The zero-order chi connectivity index (χ0) is 15.5. The summed E-state index contributed by atoms with van der Waals surface area (Å²) in [6.07, 6.45) is 1.99. The molecule has 1 rings (SSSR count). The van der Waals surface area contributed by atoms with Crippen LogP contribution in [0.4, 0.5) is 4.79 Å². The van der Waals surface area contributed by atoms with Gasteiger partial charge in [-0.15, -0.1) is 0 Å². The molecule has 20 heavy (non-hydrogen) atoms. The first kappa shape index (κ1) is 16.3. The van der Waals surface area contributed by atoms with Crippen LogP contribution in [0.1, 0.15) is 26.7 Å². The van der Waals surface area contributed by atoms with Gasteiger partial charge in [-0.1, -0.05) is 0 Å². The van der Waals surface area contributed by atoms with E-state index in [9.17, 15) is 14.4 Å². The molecule has 1 aliphatic heterocycles. The molecule has 1 N–H and O–H groups in total. The maximum absolute atomic E-state index is 12.2. The largest absolute Gasteiger partial charge is 0.480 e. The van der Waals surface area contributed by atoms with E-state index in [-0.39, 0.29) is 12.5 Å². The van der Waals surface area contributed by atoms with Gasteiger partial charge in [0.1, 0.15) is 12.1 Å². The molecule has 7 heteroatoms. The fraction of sp³-hybridized carbons (Fsp3) is 0.769. The SMILES string of the molecule is CN(CC(=O)N1CCCC1)C(=O)N(C)C(C)(C)C(=O)O. The Kier molecular flexibility index (Phi) is 4.97. The van der Waals surface area contributed by atoms with Crippen molar-refractivity contribution in [3.05, 3.63) is 0 Å². The second-order valence-electron chi connectivity index (χ2n) is 5.65. The number of likely N-dealkylation sites (tertiary alicyclic amines) is 1. The summed E-state index contributed by atoms with van der Waals surface area (Å²) in [7, 11) is 2.93. The lowest BCUT2D eigenvalue weighted by Gasteiger charge is -2.34. The molecule has 0 aromatic rings. The van der Waals surface area contributed by atoms with Gasteiger partial charge in [0.25, 0.3) is 0 Å². The van der Waals surface area contributed by atoms with Gasteiger partial charge in [0, 0.05) is 27.2 Å². The van der Waals surface area contributed by atoms with E-state index >= 15 is 0 Å². The van der Waals surface area contributed by atoms with E-state index in [0.717, 1.165) is 30.8 Å². The monoisotopic (exact) mass is 285 g/mol. The molecule has 0 bridgehead atoms. The van der Waals surface area contributed by atoms with E-state index in [1.807, 2.05) is 0 Å². The second-order valence-corrected chi connectivity index (χ2v) is 5.65. The van der Waals surface area contributed by atoms with Crippen molar-refractivity contribution >= 4 is 17.9 Å². The zero-order valence-electron chi connectivity index (χ0n) is 12.5. The first-order valence-corrected chi connectivity index (χ1v) is 6.68. The van der Waals surface area contributed by atoms with Crippen molar-refractivity contribution < 1.29 is 19.5 Å². The minimum absolute atomic E-state index is 0.0289. The lowest BCUT2D eigenvalue weighted by molar-refractivity contribution is -0.147. The minimum Gasteiger partial charge on any atom is -0.480 e. The Morgan fingerprint density at radius 2 is 1.65 bits per heavy atom. The summed E-state index contributed by atoms with van der Waals surface area (Å²) in [5.74, 6) is -1.19. The van der Waals surface area contributed by atoms with Crippen LogP contribution in [0.3, 0.4) is 0 Å². The van der Waals surface area contributed by atoms with Crippen LogP contribution in [0.5, 0.6) is 0 Å². The lowest BCUT2D eigenvalue weighted by atomic mass is 10.0. The fourth-order valence-corrected chi connectivity index (χ4v) is 1.98. The molecule has 0 saturated carbocycles. The maximum Gasteiger partial charge on any atom is 0.329 e. The molecule has 7 nitrogen and oxygen atoms in total. The topological polar surface area (TPSA) is 81.2 Å². The number of amides is 3. The normalized spacial score (nSPS) is 15.1. The maximum atomic E-state index is 12.2. The standard InChI is InChI=1S/C13H23N3O4/c1-13(2,11(18)19)15(4)12(20)14(3)9-10(17)16-7-5-6-8-16/h5-9H2,1-4H3,(H,18,19). The summed E-state index contributed by atoms with van der Waals surface area (Å²) in [5.41, 5.74) is -1.32. The summed E-state index contributed by atoms with van der Waals surface area (Å²) in [4.78, 5) is 39.4. The fourth-order valence-electron chi connectivity index (χ4n) is 1.98. The van der Waals surface area contributed by atoms with E-state index in [1.54, 1.807) is 4.90 Å². The van der Waals surface area contributed by atoms with Crippen LogP contribution in [0.2, 0.25) is 0 Å². The molecule has 0 radical (unpaired) electrons. The van der Waals surface area contributed by atoms with Crippen molar-refractivity contribution in [3.8, 4) is 0 Å². The van der Waals surface area contributed by atoms with E-state index in [4.69, 9.17) is 5.11 Å². The molecule has 114 valence electrons. The number of urea groups is 1. The lowest BCUT2D eigenvalue weighted by Crippen LogP contribution is -2.55. The quantitative estimate of drug-likeness (QED) is 0.813. The molecule has 0 aliphatic carbocycles. The third-order valence-corrected chi connectivity index (χ3v) is 3.81. The summed E-state index contributed by atoms with van der Waals surface area (Å²) >= 11 is 0. The molecule has 0 unspecified atom stereocenters. The van der Waals surface area contributed by atoms with Crippen molar-refractivity contribution in [3.63, 3.8) is 0 Å². The number of hydrogen-bond donors (Lipinski definition) is 1. The van der Waals surface area contributed by atoms with Crippen LogP contribution in [0.15, 0.2) is 0 Å². The zero-order valence-corrected chi connectivity index (χ0v) is 12.5. The molecular formula is C13H23N3O4. The Bertz CT molecular complexity index is 402. The van der Waals surface area contributed by atoms with E-state index in [1.165, 1.54) is 32.8 Å². The third-order valence-electron chi connectivity index (χ3n) is 3.81. The number of rotatable bonds is 4. The number of likely N-dealkylation sites (N-methyl/N-ethyl adjacent to an activating group) is 2. The predicted molar refractivity (Wildman–Crippen MR) is 73.3 cm³/mol. The molecule has 1 fully saturated rings. The van der Waals surface area contributed by atoms with Crippen molar-refractivity contribution in [1.29, 1.82) is 0 Å². The van der Waals surface area contributed by atoms with Crippen molar-refractivity contribution in [2.75, 3.05) is 33.7 Å². The molecule has 0 atom stereocenters. The number of carboxylic acids is 1. The minimum atomic E-state index is -1.32. The van der Waals surface area contributed by atoms with E-state index < -0.39 is 17.5 Å². The highest BCUT2D eigenvalue weighted by molar-refractivity contribution is 5.88. The number of aliphatic carboxylic acids is 1.